The lowest BCUT2D eigenvalue weighted by atomic mass is 9.86. The molecule has 142 valence electrons. The fourth-order valence-electron chi connectivity index (χ4n) is 4.74. The van der Waals surface area contributed by atoms with Gasteiger partial charge in [-0.2, -0.15) is 0 Å². The second-order valence-corrected chi connectivity index (χ2v) is 7.41. The highest BCUT2D eigenvalue weighted by Gasteiger charge is 2.45. The molecule has 1 amide bonds. The third-order valence-electron chi connectivity index (χ3n) is 6.12. The molecule has 0 radical (unpaired) electrons. The van der Waals surface area contributed by atoms with Crippen molar-refractivity contribution in [2.45, 2.75) is 69.5 Å². The van der Waals surface area contributed by atoms with Gasteiger partial charge in [0.05, 0.1) is 13.2 Å². The molecule has 0 aromatic carbocycles. The number of nitrogens with zero attached hydrogens (tertiary/aromatic N) is 1. The number of halogens is 2. The van der Waals surface area contributed by atoms with Crippen LogP contribution in [0, 0.1) is 5.92 Å². The summed E-state index contributed by atoms with van der Waals surface area (Å²) in [5.74, 6) is 0.348. The number of carbonyl (C=O) groups excluding carboxylic acids is 1. The smallest absolute Gasteiger partial charge is 0.223 e. The predicted molar refractivity (Wildman–Crippen MR) is 101 cm³/mol. The minimum absolute atomic E-state index is 0. The van der Waals surface area contributed by atoms with Crippen LogP contribution >= 0.6 is 24.8 Å². The lowest BCUT2D eigenvalue weighted by molar-refractivity contribution is -0.127. The molecule has 3 rings (SSSR count). The lowest BCUT2D eigenvalue weighted by Crippen LogP contribution is -2.62. The average Bonchev–Trinajstić information content (AvgIpc) is 3.18. The summed E-state index contributed by atoms with van der Waals surface area (Å²) in [6.45, 7) is 5.83. The second-order valence-electron chi connectivity index (χ2n) is 7.41. The van der Waals surface area contributed by atoms with E-state index in [0.717, 1.165) is 45.6 Å². The van der Waals surface area contributed by atoms with Crippen molar-refractivity contribution < 1.29 is 9.53 Å². The molecule has 2 saturated carbocycles. The molecule has 0 aromatic rings. The molecule has 3 fully saturated rings. The molecule has 1 aliphatic heterocycles. The van der Waals surface area contributed by atoms with Gasteiger partial charge >= 0.3 is 0 Å². The molecule has 2 aliphatic carbocycles. The summed E-state index contributed by atoms with van der Waals surface area (Å²) in [7, 11) is 0. The Balaban J connectivity index is 0.00000144. The van der Waals surface area contributed by atoms with Gasteiger partial charge in [-0.05, 0) is 39.0 Å². The van der Waals surface area contributed by atoms with Crippen LogP contribution < -0.4 is 11.1 Å². The van der Waals surface area contributed by atoms with E-state index in [-0.39, 0.29) is 54.3 Å². The molecule has 3 N–H and O–H groups in total. The minimum Gasteiger partial charge on any atom is -0.379 e. The zero-order valence-corrected chi connectivity index (χ0v) is 16.3. The van der Waals surface area contributed by atoms with E-state index < -0.39 is 0 Å². The molecule has 1 heterocycles. The maximum Gasteiger partial charge on any atom is 0.223 e. The fourth-order valence-corrected chi connectivity index (χ4v) is 4.74. The summed E-state index contributed by atoms with van der Waals surface area (Å²) in [6.07, 6.45) is 7.71. The number of nitrogens with one attached hydrogen (secondary N) is 1. The van der Waals surface area contributed by atoms with Crippen molar-refractivity contribution in [3.63, 3.8) is 0 Å². The highest BCUT2D eigenvalue weighted by molar-refractivity contribution is 5.85. The summed E-state index contributed by atoms with van der Waals surface area (Å²) in [4.78, 5) is 15.2. The molecular formula is C17H33Cl2N3O2. The van der Waals surface area contributed by atoms with Crippen molar-refractivity contribution in [2.75, 3.05) is 26.3 Å². The Labute approximate surface area is 158 Å². The van der Waals surface area contributed by atoms with Gasteiger partial charge in [-0.15, -0.1) is 24.8 Å². The number of hydrogen-bond donors (Lipinski definition) is 2. The van der Waals surface area contributed by atoms with Crippen LogP contribution in [0.4, 0.5) is 0 Å². The van der Waals surface area contributed by atoms with Gasteiger partial charge in [0.25, 0.3) is 0 Å². The molecule has 1 saturated heterocycles. The SMILES string of the molecule is CC(NC(=O)C1CCC(N)C1)C1(N2CCOCC2)CCCC1.Cl.Cl. The van der Waals surface area contributed by atoms with Crippen molar-refractivity contribution in [1.29, 1.82) is 0 Å². The molecule has 0 spiro atoms. The highest BCUT2D eigenvalue weighted by atomic mass is 35.5. The van der Waals surface area contributed by atoms with E-state index in [4.69, 9.17) is 10.5 Å². The molecule has 0 bridgehead atoms. The van der Waals surface area contributed by atoms with Crippen LogP contribution in [0.3, 0.4) is 0 Å². The van der Waals surface area contributed by atoms with Crippen molar-refractivity contribution >= 4 is 30.7 Å². The van der Waals surface area contributed by atoms with Crippen LogP contribution in [-0.4, -0.2) is 54.7 Å². The van der Waals surface area contributed by atoms with E-state index in [2.05, 4.69) is 17.1 Å². The Morgan fingerprint density at radius 2 is 1.83 bits per heavy atom. The standard InChI is InChI=1S/C17H31N3O2.2ClH/c1-13(19-16(21)14-4-5-15(18)12-14)17(6-2-3-7-17)20-8-10-22-11-9-20;;/h13-15H,2-12,18H2,1H3,(H,19,21);2*1H. The summed E-state index contributed by atoms with van der Waals surface area (Å²) in [6, 6.07) is 0.420. The van der Waals surface area contributed by atoms with Gasteiger partial charge in [-0.3, -0.25) is 9.69 Å². The summed E-state index contributed by atoms with van der Waals surface area (Å²) in [5, 5.41) is 3.35. The van der Waals surface area contributed by atoms with Crippen LogP contribution in [0.5, 0.6) is 0 Å². The number of rotatable bonds is 4. The van der Waals surface area contributed by atoms with E-state index in [1.165, 1.54) is 25.7 Å². The normalized spacial score (nSPS) is 30.9. The molecular weight excluding hydrogens is 349 g/mol. The average molecular weight is 382 g/mol. The molecule has 7 heteroatoms. The van der Waals surface area contributed by atoms with Crippen molar-refractivity contribution in [3.8, 4) is 0 Å². The molecule has 0 aromatic heterocycles. The number of carbonyl (C=O) groups is 1. The lowest BCUT2D eigenvalue weighted by Gasteiger charge is -2.47. The second kappa shape index (κ2) is 9.58. The van der Waals surface area contributed by atoms with Crippen molar-refractivity contribution in [3.05, 3.63) is 0 Å². The molecule has 3 atom stereocenters. The van der Waals surface area contributed by atoms with Crippen LogP contribution in [-0.2, 0) is 9.53 Å². The zero-order chi connectivity index (χ0) is 15.6. The minimum atomic E-state index is 0. The topological polar surface area (TPSA) is 67.6 Å². The van der Waals surface area contributed by atoms with E-state index in [1.54, 1.807) is 0 Å². The van der Waals surface area contributed by atoms with Gasteiger partial charge in [0.2, 0.25) is 5.91 Å². The highest BCUT2D eigenvalue weighted by Crippen LogP contribution is 2.39. The fraction of sp³-hybridized carbons (Fsp3) is 0.941. The van der Waals surface area contributed by atoms with E-state index >= 15 is 0 Å². The molecule has 3 unspecified atom stereocenters. The van der Waals surface area contributed by atoms with E-state index in [9.17, 15) is 4.79 Å². The van der Waals surface area contributed by atoms with Crippen molar-refractivity contribution in [1.82, 2.24) is 10.2 Å². The number of ether oxygens (including phenoxy) is 1. The van der Waals surface area contributed by atoms with Gasteiger partial charge in [0, 0.05) is 36.6 Å². The first kappa shape index (κ1) is 22.0. The predicted octanol–water partition coefficient (Wildman–Crippen LogP) is 2.11. The zero-order valence-electron chi connectivity index (χ0n) is 14.7. The van der Waals surface area contributed by atoms with Crippen LogP contribution in [0.2, 0.25) is 0 Å². The first-order valence-corrected chi connectivity index (χ1v) is 9.00. The molecule has 5 nitrogen and oxygen atoms in total. The van der Waals surface area contributed by atoms with Gasteiger partial charge in [-0.1, -0.05) is 12.8 Å². The third-order valence-corrected chi connectivity index (χ3v) is 6.12. The molecule has 24 heavy (non-hydrogen) atoms. The largest absolute Gasteiger partial charge is 0.379 e. The maximum absolute atomic E-state index is 12.6. The van der Waals surface area contributed by atoms with Gasteiger partial charge in [0.15, 0.2) is 0 Å². The van der Waals surface area contributed by atoms with Crippen LogP contribution in [0.15, 0.2) is 0 Å². The number of amides is 1. The summed E-state index contributed by atoms with van der Waals surface area (Å²) >= 11 is 0. The number of morpholine rings is 1. The van der Waals surface area contributed by atoms with E-state index in [0.29, 0.717) is 0 Å². The quantitative estimate of drug-likeness (QED) is 0.782. The first-order valence-electron chi connectivity index (χ1n) is 9.00. The van der Waals surface area contributed by atoms with Crippen LogP contribution in [0.1, 0.15) is 51.9 Å². The maximum atomic E-state index is 12.6. The van der Waals surface area contributed by atoms with E-state index in [1.807, 2.05) is 0 Å². The molecule has 3 aliphatic rings. The first-order chi connectivity index (χ1) is 10.6. The van der Waals surface area contributed by atoms with Gasteiger partial charge < -0.3 is 15.8 Å². The van der Waals surface area contributed by atoms with Gasteiger partial charge in [0.1, 0.15) is 0 Å². The third kappa shape index (κ3) is 4.55. The Kier molecular flexibility index (Phi) is 8.77. The van der Waals surface area contributed by atoms with Crippen molar-refractivity contribution in [2.24, 2.45) is 11.7 Å². The number of hydrogen-bond acceptors (Lipinski definition) is 4. The Bertz CT molecular complexity index is 399. The Morgan fingerprint density at radius 1 is 1.21 bits per heavy atom. The summed E-state index contributed by atoms with van der Waals surface area (Å²) in [5.41, 5.74) is 6.10. The van der Waals surface area contributed by atoms with Gasteiger partial charge in [-0.25, -0.2) is 0 Å². The van der Waals surface area contributed by atoms with Crippen LogP contribution in [0.25, 0.3) is 0 Å². The number of nitrogens with two attached hydrogens (primary N) is 1. The summed E-state index contributed by atoms with van der Waals surface area (Å²) < 4.78 is 5.52. The monoisotopic (exact) mass is 381 g/mol. The Hall–Kier alpha value is -0.0700. The Morgan fingerprint density at radius 3 is 2.38 bits per heavy atom.